The van der Waals surface area contributed by atoms with Gasteiger partial charge >= 0.3 is 0 Å². The summed E-state index contributed by atoms with van der Waals surface area (Å²) in [5.41, 5.74) is 2.25. The molecule has 2 heterocycles. The Balaban J connectivity index is 1.56. The fourth-order valence-corrected chi connectivity index (χ4v) is 4.44. The highest BCUT2D eigenvalue weighted by Gasteiger charge is 2.40. The minimum absolute atomic E-state index is 0.00438. The van der Waals surface area contributed by atoms with Crippen molar-refractivity contribution in [2.75, 3.05) is 0 Å². The number of non-ortho nitro benzene ring substituents is 1. The first-order chi connectivity index (χ1) is 13.5. The van der Waals surface area contributed by atoms with Crippen molar-refractivity contribution >= 4 is 28.6 Å². The summed E-state index contributed by atoms with van der Waals surface area (Å²) in [6.45, 7) is 1.91. The third-order valence-corrected chi connectivity index (χ3v) is 6.20. The third kappa shape index (κ3) is 3.34. The van der Waals surface area contributed by atoms with E-state index in [1.807, 2.05) is 11.5 Å². The minimum Gasteiger partial charge on any atom is -0.390 e. The Morgan fingerprint density at radius 1 is 1.21 bits per heavy atom. The second kappa shape index (κ2) is 7.46. The number of imidazole rings is 1. The summed E-state index contributed by atoms with van der Waals surface area (Å²) in [6, 6.07) is 6.12. The highest BCUT2D eigenvalue weighted by Crippen LogP contribution is 2.37. The number of aliphatic hydroxyl groups excluding tert-OH is 2. The Labute approximate surface area is 164 Å². The number of nitro benzene ring substituents is 1. The Hall–Kier alpha value is -2.56. The number of nitrogens with zero attached hydrogens (tertiary/aromatic N) is 5. The SMILES string of the molecule is C[C@H]1C[C@@H](n2cnc3c(SCc4ccc([N+](=O)[O-])cc4)ncnc32)[C@H](O)[C@@H]1O. The summed E-state index contributed by atoms with van der Waals surface area (Å²) in [6.07, 6.45) is 2.11. The van der Waals surface area contributed by atoms with E-state index >= 15 is 0 Å². The van der Waals surface area contributed by atoms with Crippen molar-refractivity contribution in [3.8, 4) is 0 Å². The fourth-order valence-electron chi connectivity index (χ4n) is 3.55. The van der Waals surface area contributed by atoms with Crippen LogP contribution in [0.2, 0.25) is 0 Å². The summed E-state index contributed by atoms with van der Waals surface area (Å²) in [5, 5.41) is 31.9. The minimum atomic E-state index is -0.862. The van der Waals surface area contributed by atoms with Crippen molar-refractivity contribution in [2.24, 2.45) is 5.92 Å². The molecule has 4 rings (SSSR count). The molecule has 1 aliphatic carbocycles. The molecule has 2 N–H and O–H groups in total. The van der Waals surface area contributed by atoms with Crippen LogP contribution in [0.25, 0.3) is 11.2 Å². The summed E-state index contributed by atoms with van der Waals surface area (Å²) in [4.78, 5) is 23.4. The number of fused-ring (bicyclic) bond motifs is 1. The van der Waals surface area contributed by atoms with E-state index in [4.69, 9.17) is 0 Å². The monoisotopic (exact) mass is 401 g/mol. The molecule has 4 atom stereocenters. The first-order valence-electron chi connectivity index (χ1n) is 8.85. The van der Waals surface area contributed by atoms with Gasteiger partial charge in [0.1, 0.15) is 23.0 Å². The van der Waals surface area contributed by atoms with E-state index in [0.29, 0.717) is 28.4 Å². The quantitative estimate of drug-likeness (QED) is 0.289. The first kappa shape index (κ1) is 18.8. The zero-order valence-electron chi connectivity index (χ0n) is 15.0. The van der Waals surface area contributed by atoms with Gasteiger partial charge in [-0.05, 0) is 17.9 Å². The maximum absolute atomic E-state index is 10.8. The van der Waals surface area contributed by atoms with Crippen LogP contribution in [0.4, 0.5) is 5.69 Å². The molecule has 0 radical (unpaired) electrons. The highest BCUT2D eigenvalue weighted by atomic mass is 32.2. The summed E-state index contributed by atoms with van der Waals surface area (Å²) >= 11 is 1.47. The molecule has 10 heteroatoms. The number of nitro groups is 1. The molecule has 0 amide bonds. The molecule has 9 nitrogen and oxygen atoms in total. The van der Waals surface area contributed by atoms with Crippen molar-refractivity contribution in [1.82, 2.24) is 19.5 Å². The molecule has 1 aliphatic rings. The van der Waals surface area contributed by atoms with E-state index in [9.17, 15) is 20.3 Å². The molecule has 0 spiro atoms. The number of rotatable bonds is 5. The molecule has 1 saturated carbocycles. The molecule has 0 aliphatic heterocycles. The number of thioether (sulfide) groups is 1. The van der Waals surface area contributed by atoms with E-state index in [0.717, 1.165) is 5.56 Å². The molecular formula is C18H19N5O4S. The van der Waals surface area contributed by atoms with Crippen LogP contribution in [-0.2, 0) is 5.75 Å². The normalized spacial score (nSPS) is 24.7. The second-order valence-corrected chi connectivity index (χ2v) is 7.94. The Morgan fingerprint density at radius 3 is 2.61 bits per heavy atom. The largest absolute Gasteiger partial charge is 0.390 e. The van der Waals surface area contributed by atoms with Gasteiger partial charge in [0.2, 0.25) is 0 Å². The lowest BCUT2D eigenvalue weighted by molar-refractivity contribution is -0.384. The lowest BCUT2D eigenvalue weighted by atomic mass is 10.1. The van der Waals surface area contributed by atoms with Crippen LogP contribution in [0.5, 0.6) is 0 Å². The van der Waals surface area contributed by atoms with Gasteiger partial charge in [-0.3, -0.25) is 10.1 Å². The third-order valence-electron chi connectivity index (χ3n) is 5.15. The van der Waals surface area contributed by atoms with E-state index < -0.39 is 17.1 Å². The number of benzene rings is 1. The molecular weight excluding hydrogens is 382 g/mol. The molecule has 3 aromatic rings. The van der Waals surface area contributed by atoms with Crippen LogP contribution in [0.1, 0.15) is 24.9 Å². The molecule has 2 aromatic heterocycles. The average Bonchev–Trinajstić information content (AvgIpc) is 3.23. The zero-order valence-corrected chi connectivity index (χ0v) is 15.9. The summed E-state index contributed by atoms with van der Waals surface area (Å²) in [5.74, 6) is 0.578. The predicted molar refractivity (Wildman–Crippen MR) is 103 cm³/mol. The van der Waals surface area contributed by atoms with Crippen LogP contribution in [0.15, 0.2) is 41.9 Å². The van der Waals surface area contributed by atoms with Crippen molar-refractivity contribution < 1.29 is 15.1 Å². The summed E-state index contributed by atoms with van der Waals surface area (Å²) in [7, 11) is 0. The van der Waals surface area contributed by atoms with Gasteiger partial charge in [0.15, 0.2) is 5.65 Å². The number of aromatic nitrogens is 4. The van der Waals surface area contributed by atoms with Gasteiger partial charge < -0.3 is 14.8 Å². The Morgan fingerprint density at radius 2 is 1.96 bits per heavy atom. The van der Waals surface area contributed by atoms with Crippen molar-refractivity contribution in [1.29, 1.82) is 0 Å². The standard InChI is InChI=1S/C18H19N5O4S/c1-10-6-13(16(25)15(10)24)22-9-21-14-17(22)19-8-20-18(14)28-7-11-2-4-12(5-3-11)23(26)27/h2-5,8-10,13,15-16,24-25H,6-7H2,1H3/t10-,13+,15+,16-/m0/s1. The van der Waals surface area contributed by atoms with Crippen molar-refractivity contribution in [3.05, 3.63) is 52.6 Å². The first-order valence-corrected chi connectivity index (χ1v) is 9.84. The van der Waals surface area contributed by atoms with E-state index in [2.05, 4.69) is 15.0 Å². The molecule has 1 aromatic carbocycles. The van der Waals surface area contributed by atoms with Crippen LogP contribution in [0, 0.1) is 16.0 Å². The number of hydrogen-bond acceptors (Lipinski definition) is 8. The van der Waals surface area contributed by atoms with Gasteiger partial charge in [0.05, 0.1) is 23.4 Å². The molecule has 28 heavy (non-hydrogen) atoms. The van der Waals surface area contributed by atoms with Crippen LogP contribution in [-0.4, -0.2) is 46.9 Å². The van der Waals surface area contributed by atoms with Gasteiger partial charge in [-0.1, -0.05) is 30.8 Å². The molecule has 146 valence electrons. The molecule has 1 fully saturated rings. The average molecular weight is 401 g/mol. The van der Waals surface area contributed by atoms with E-state index in [1.54, 1.807) is 18.5 Å². The maximum atomic E-state index is 10.8. The van der Waals surface area contributed by atoms with E-state index in [-0.39, 0.29) is 17.6 Å². The fraction of sp³-hybridized carbons (Fsp3) is 0.389. The van der Waals surface area contributed by atoms with Gasteiger partial charge in [-0.25, -0.2) is 15.0 Å². The Kier molecular flexibility index (Phi) is 5.00. The predicted octanol–water partition coefficient (Wildman–Crippen LogP) is 2.33. The zero-order chi connectivity index (χ0) is 19.8. The maximum Gasteiger partial charge on any atom is 0.269 e. The van der Waals surface area contributed by atoms with E-state index in [1.165, 1.54) is 30.2 Å². The van der Waals surface area contributed by atoms with Crippen molar-refractivity contribution in [2.45, 2.75) is 42.4 Å². The lowest BCUT2D eigenvalue weighted by Gasteiger charge is -2.18. The highest BCUT2D eigenvalue weighted by molar-refractivity contribution is 7.98. The van der Waals surface area contributed by atoms with Crippen LogP contribution in [0.3, 0.4) is 0 Å². The molecule has 0 unspecified atom stereocenters. The second-order valence-electron chi connectivity index (χ2n) is 6.98. The topological polar surface area (TPSA) is 127 Å². The lowest BCUT2D eigenvalue weighted by Crippen LogP contribution is -2.28. The molecule has 0 bridgehead atoms. The summed E-state index contributed by atoms with van der Waals surface area (Å²) < 4.78 is 1.81. The van der Waals surface area contributed by atoms with Gasteiger partial charge in [-0.2, -0.15) is 0 Å². The Bertz CT molecular complexity index is 1010. The smallest absolute Gasteiger partial charge is 0.269 e. The van der Waals surface area contributed by atoms with Crippen LogP contribution < -0.4 is 0 Å². The molecule has 0 saturated heterocycles. The number of aliphatic hydroxyl groups is 2. The van der Waals surface area contributed by atoms with Gasteiger partial charge in [0.25, 0.3) is 5.69 Å². The van der Waals surface area contributed by atoms with Crippen molar-refractivity contribution in [3.63, 3.8) is 0 Å². The van der Waals surface area contributed by atoms with Crippen LogP contribution >= 0.6 is 11.8 Å². The van der Waals surface area contributed by atoms with Gasteiger partial charge in [-0.15, -0.1) is 0 Å². The number of hydrogen-bond donors (Lipinski definition) is 2. The van der Waals surface area contributed by atoms with Gasteiger partial charge in [0, 0.05) is 17.9 Å².